The fraction of sp³-hybridized carbons (Fsp3) is 0.444. The zero-order chi connectivity index (χ0) is 20.1. The summed E-state index contributed by atoms with van der Waals surface area (Å²) in [5.74, 6) is 0.361. The quantitative estimate of drug-likeness (QED) is 0.798. The van der Waals surface area contributed by atoms with Crippen molar-refractivity contribution in [3.05, 3.63) is 51.8 Å². The fourth-order valence-electron chi connectivity index (χ4n) is 3.92. The molecular formula is C18H21N5O4S. The van der Waals surface area contributed by atoms with E-state index in [0.717, 1.165) is 5.56 Å². The third-order valence-electron chi connectivity index (χ3n) is 5.49. The Morgan fingerprint density at radius 3 is 2.64 bits per heavy atom. The number of amides is 1. The summed E-state index contributed by atoms with van der Waals surface area (Å²) >= 11 is 0. The molecule has 0 aromatic carbocycles. The maximum absolute atomic E-state index is 12.5. The summed E-state index contributed by atoms with van der Waals surface area (Å²) in [6, 6.07) is 3.48. The van der Waals surface area contributed by atoms with Crippen LogP contribution in [0, 0.1) is 6.92 Å². The molecule has 2 aromatic heterocycles. The topological polar surface area (TPSA) is 114 Å². The maximum Gasteiger partial charge on any atom is 0.285 e. The molecule has 148 valence electrons. The molecule has 2 aliphatic heterocycles. The number of aromatic nitrogens is 3. The van der Waals surface area contributed by atoms with E-state index in [1.54, 1.807) is 16.8 Å². The Labute approximate surface area is 162 Å². The summed E-state index contributed by atoms with van der Waals surface area (Å²) in [6.45, 7) is 3.20. The first-order chi connectivity index (χ1) is 13.2. The zero-order valence-corrected chi connectivity index (χ0v) is 16.5. The van der Waals surface area contributed by atoms with Crippen LogP contribution in [-0.4, -0.2) is 52.5 Å². The van der Waals surface area contributed by atoms with Gasteiger partial charge in [0.05, 0.1) is 6.26 Å². The number of nitrogens with zero attached hydrogens (tertiary/aromatic N) is 4. The molecule has 2 aliphatic rings. The van der Waals surface area contributed by atoms with Gasteiger partial charge in [-0.15, -0.1) is 0 Å². The third kappa shape index (κ3) is 3.22. The van der Waals surface area contributed by atoms with E-state index >= 15 is 0 Å². The van der Waals surface area contributed by atoms with Crippen molar-refractivity contribution in [3.63, 3.8) is 0 Å². The van der Waals surface area contributed by atoms with Crippen molar-refractivity contribution < 1.29 is 13.2 Å². The number of hydrogen-bond donors (Lipinski definition) is 1. The van der Waals surface area contributed by atoms with Crippen molar-refractivity contribution in [2.45, 2.75) is 31.7 Å². The molecule has 2 aromatic rings. The lowest BCUT2D eigenvalue weighted by molar-refractivity contribution is 0.102. The van der Waals surface area contributed by atoms with Crippen LogP contribution in [0.15, 0.2) is 29.3 Å². The lowest BCUT2D eigenvalue weighted by Gasteiger charge is -2.22. The van der Waals surface area contributed by atoms with Gasteiger partial charge in [-0.3, -0.25) is 9.59 Å². The number of sulfonamides is 1. The number of aryl methyl sites for hydroxylation is 2. The van der Waals surface area contributed by atoms with Gasteiger partial charge in [-0.05, 0) is 31.4 Å². The maximum atomic E-state index is 12.5. The highest BCUT2D eigenvalue weighted by molar-refractivity contribution is 7.88. The van der Waals surface area contributed by atoms with Gasteiger partial charge < -0.3 is 9.88 Å². The van der Waals surface area contributed by atoms with Crippen LogP contribution in [-0.2, 0) is 22.0 Å². The smallest absolute Gasteiger partial charge is 0.285 e. The van der Waals surface area contributed by atoms with Crippen LogP contribution in [0.4, 0.5) is 5.82 Å². The van der Waals surface area contributed by atoms with Crippen molar-refractivity contribution in [1.29, 1.82) is 0 Å². The molecular weight excluding hydrogens is 382 g/mol. The number of pyridine rings is 1. The van der Waals surface area contributed by atoms with Gasteiger partial charge in [0.1, 0.15) is 17.2 Å². The molecule has 1 saturated heterocycles. The largest absolute Gasteiger partial charge is 0.335 e. The van der Waals surface area contributed by atoms with Crippen LogP contribution in [0.2, 0.25) is 0 Å². The lowest BCUT2D eigenvalue weighted by Crippen LogP contribution is -2.35. The van der Waals surface area contributed by atoms with Gasteiger partial charge in [-0.1, -0.05) is 6.07 Å². The molecule has 4 heterocycles. The molecule has 0 saturated carbocycles. The Morgan fingerprint density at radius 2 is 2.00 bits per heavy atom. The number of carbonyl (C=O) groups is 1. The molecule has 0 bridgehead atoms. The Morgan fingerprint density at radius 1 is 1.25 bits per heavy atom. The lowest BCUT2D eigenvalue weighted by atomic mass is 9.85. The van der Waals surface area contributed by atoms with Crippen molar-refractivity contribution in [2.24, 2.45) is 0 Å². The molecule has 1 atom stereocenters. The number of fused-ring (bicyclic) bond motifs is 2. The molecule has 1 unspecified atom stereocenters. The van der Waals surface area contributed by atoms with Gasteiger partial charge in [0, 0.05) is 37.4 Å². The Bertz CT molecular complexity index is 1110. The number of anilines is 1. The summed E-state index contributed by atoms with van der Waals surface area (Å²) in [5, 5.41) is 2.61. The van der Waals surface area contributed by atoms with E-state index in [-0.39, 0.29) is 5.56 Å². The molecule has 0 aliphatic carbocycles. The number of nitrogens with one attached hydrogen (secondary N) is 1. The van der Waals surface area contributed by atoms with E-state index in [4.69, 9.17) is 0 Å². The van der Waals surface area contributed by atoms with Crippen LogP contribution in [0.25, 0.3) is 0 Å². The summed E-state index contributed by atoms with van der Waals surface area (Å²) in [7, 11) is -3.29. The monoisotopic (exact) mass is 403 g/mol. The highest BCUT2D eigenvalue weighted by Gasteiger charge is 2.48. The minimum atomic E-state index is -3.29. The third-order valence-corrected chi connectivity index (χ3v) is 6.74. The number of carbonyl (C=O) groups excluding carboxylic acids is 1. The second kappa shape index (κ2) is 6.49. The Hall–Kier alpha value is -2.59. The molecule has 28 heavy (non-hydrogen) atoms. The van der Waals surface area contributed by atoms with Gasteiger partial charge in [0.15, 0.2) is 0 Å². The van der Waals surface area contributed by atoms with Crippen LogP contribution >= 0.6 is 0 Å². The van der Waals surface area contributed by atoms with Crippen molar-refractivity contribution in [3.8, 4) is 0 Å². The molecule has 1 N–H and O–H groups in total. The number of rotatable bonds is 3. The SMILES string of the molecule is Cc1ccc(NC(=O)c2cn3c(nc2=O)C2(CCN(S(C)(=O)=O)C2)CC3)nc1. The van der Waals surface area contributed by atoms with Crippen molar-refractivity contribution in [1.82, 2.24) is 18.8 Å². The summed E-state index contributed by atoms with van der Waals surface area (Å²) < 4.78 is 27.0. The standard InChI is InChI=1S/C18H21N5O4S/c1-12-3-4-14(19-9-12)20-15(24)13-10-22-7-5-18(17(22)21-16(13)25)6-8-23(11-18)28(2,26)27/h3-4,9-10H,5-8,11H2,1-2H3,(H,19,20,24). The van der Waals surface area contributed by atoms with Gasteiger partial charge in [0.25, 0.3) is 11.5 Å². The minimum absolute atomic E-state index is 0.0545. The number of hydrogen-bond acceptors (Lipinski definition) is 6. The van der Waals surface area contributed by atoms with Crippen LogP contribution in [0.3, 0.4) is 0 Å². The average molecular weight is 403 g/mol. The molecule has 9 nitrogen and oxygen atoms in total. The van der Waals surface area contributed by atoms with E-state index in [1.165, 1.54) is 16.8 Å². The first-order valence-electron chi connectivity index (χ1n) is 8.99. The minimum Gasteiger partial charge on any atom is -0.335 e. The summed E-state index contributed by atoms with van der Waals surface area (Å²) in [6.07, 6.45) is 5.64. The van der Waals surface area contributed by atoms with Gasteiger partial charge in [-0.25, -0.2) is 17.7 Å². The Kier molecular flexibility index (Phi) is 4.35. The zero-order valence-electron chi connectivity index (χ0n) is 15.7. The van der Waals surface area contributed by atoms with Gasteiger partial charge in [0.2, 0.25) is 10.0 Å². The van der Waals surface area contributed by atoms with Crippen molar-refractivity contribution in [2.75, 3.05) is 24.7 Å². The predicted octanol–water partition coefficient (Wildman–Crippen LogP) is 0.506. The molecule has 1 fully saturated rings. The highest BCUT2D eigenvalue weighted by Crippen LogP contribution is 2.41. The fourth-order valence-corrected chi connectivity index (χ4v) is 4.82. The Balaban J connectivity index is 1.62. The van der Waals surface area contributed by atoms with E-state index in [1.807, 2.05) is 13.0 Å². The van der Waals surface area contributed by atoms with E-state index in [9.17, 15) is 18.0 Å². The summed E-state index contributed by atoms with van der Waals surface area (Å²) in [4.78, 5) is 33.4. The predicted molar refractivity (Wildman–Crippen MR) is 103 cm³/mol. The molecule has 0 radical (unpaired) electrons. The highest BCUT2D eigenvalue weighted by atomic mass is 32.2. The second-order valence-corrected chi connectivity index (χ2v) is 9.51. The average Bonchev–Trinajstić information content (AvgIpc) is 3.22. The first-order valence-corrected chi connectivity index (χ1v) is 10.8. The second-order valence-electron chi connectivity index (χ2n) is 7.53. The van der Waals surface area contributed by atoms with Crippen LogP contribution < -0.4 is 10.9 Å². The van der Waals surface area contributed by atoms with E-state index in [0.29, 0.717) is 44.1 Å². The molecule has 10 heteroatoms. The van der Waals surface area contributed by atoms with Gasteiger partial charge in [-0.2, -0.15) is 4.98 Å². The first kappa shape index (κ1) is 18.8. The summed E-state index contributed by atoms with van der Waals surface area (Å²) in [5.41, 5.74) is -0.172. The van der Waals surface area contributed by atoms with Gasteiger partial charge >= 0.3 is 0 Å². The van der Waals surface area contributed by atoms with Crippen LogP contribution in [0.1, 0.15) is 34.6 Å². The van der Waals surface area contributed by atoms with E-state index < -0.39 is 26.9 Å². The molecule has 1 amide bonds. The normalized spacial score (nSPS) is 21.8. The van der Waals surface area contributed by atoms with Crippen molar-refractivity contribution >= 4 is 21.7 Å². The molecule has 1 spiro atoms. The van der Waals surface area contributed by atoms with E-state index in [2.05, 4.69) is 15.3 Å². The molecule has 4 rings (SSSR count). The van der Waals surface area contributed by atoms with Crippen LogP contribution in [0.5, 0.6) is 0 Å².